The zero-order chi connectivity index (χ0) is 55.7. The molecule has 0 N–H and O–H groups in total. The van der Waals surface area contributed by atoms with Crippen LogP contribution >= 0.6 is 0 Å². The Morgan fingerprint density at radius 1 is 0.554 bits per heavy atom. The molecule has 4 aromatic rings. The number of piperidine rings is 2. The number of carbonyl (C=O) groups excluding carboxylic acids is 2. The third-order valence-electron chi connectivity index (χ3n) is 11.1. The van der Waals surface area contributed by atoms with Crippen molar-refractivity contribution in [2.45, 2.75) is 116 Å². The standard InChI is InChI=1S/C18H23F4NO4S.C18H25F2NO4S.C12H10FNO4S2/c1-17(2,3)27-16(24)23-10-8-12(9-11-23)18(21,22)28(25,26)14-7-5-4-6-13(14)15(19)20;1-18(2,3)25-17(22)21-10-8-13(9-11-21)12-26(23,24)15-7-5-4-6-14(15)16(19)20;13-14(19(15,16)11-7-3-1-4-8-11)20(17,18)12-9-5-2-6-10-12/h4-7,12,15H,8-11H2,1-3H3;4-7,13,16H,8-12H2,1-3H3;1-10H. The van der Waals surface area contributed by atoms with Gasteiger partial charge in [-0.15, -0.1) is 4.48 Å². The van der Waals surface area contributed by atoms with Crippen LogP contribution in [0, 0.1) is 11.8 Å². The number of likely N-dealkylation sites (tertiary alicyclic amines) is 2. The Bertz CT molecular complexity index is 2910. The number of amides is 2. The fourth-order valence-corrected chi connectivity index (χ4v) is 13.9. The number of benzene rings is 4. The summed E-state index contributed by atoms with van der Waals surface area (Å²) in [6.07, 6.45) is -6.71. The summed E-state index contributed by atoms with van der Waals surface area (Å²) < 4.78 is 203. The Morgan fingerprint density at radius 2 is 0.892 bits per heavy atom. The summed E-state index contributed by atoms with van der Waals surface area (Å²) in [5.41, 5.74) is -2.75. The van der Waals surface area contributed by atoms with Crippen LogP contribution in [0.5, 0.6) is 0 Å². The molecule has 0 aromatic heterocycles. The van der Waals surface area contributed by atoms with Gasteiger partial charge in [-0.2, -0.15) is 8.78 Å². The van der Waals surface area contributed by atoms with Crippen LogP contribution in [0.4, 0.5) is 40.4 Å². The molecule has 0 unspecified atom stereocenters. The molecule has 0 radical (unpaired) electrons. The minimum atomic E-state index is -5.33. The van der Waals surface area contributed by atoms with E-state index in [4.69, 9.17) is 9.47 Å². The number of alkyl halides is 6. The fourth-order valence-electron chi connectivity index (χ4n) is 7.43. The molecule has 0 bridgehead atoms. The van der Waals surface area contributed by atoms with Gasteiger partial charge in [-0.1, -0.05) is 72.8 Å². The number of halogens is 7. The Kier molecular flexibility index (Phi) is 20.3. The summed E-state index contributed by atoms with van der Waals surface area (Å²) in [5.74, 6) is -1.97. The second kappa shape index (κ2) is 24.6. The minimum absolute atomic E-state index is 0.110. The molecule has 0 aliphatic carbocycles. The highest BCUT2D eigenvalue weighted by molar-refractivity contribution is 8.03. The molecule has 2 heterocycles. The zero-order valence-corrected chi connectivity index (χ0v) is 44.4. The Balaban J connectivity index is 0.000000244. The molecule has 2 saturated heterocycles. The van der Waals surface area contributed by atoms with Gasteiger partial charge in [0.1, 0.15) is 11.2 Å². The molecule has 2 aliphatic heterocycles. The number of hydrogen-bond acceptors (Lipinski definition) is 12. The topological polar surface area (TPSA) is 199 Å². The lowest BCUT2D eigenvalue weighted by Crippen LogP contribution is -2.47. The van der Waals surface area contributed by atoms with E-state index >= 15 is 0 Å². The maximum Gasteiger partial charge on any atom is 0.410 e. The molecule has 2 aliphatic rings. The highest BCUT2D eigenvalue weighted by Gasteiger charge is 2.54. The molecule has 26 heteroatoms. The molecule has 4 aromatic carbocycles. The van der Waals surface area contributed by atoms with E-state index in [-0.39, 0.29) is 42.5 Å². The highest BCUT2D eigenvalue weighted by Crippen LogP contribution is 2.43. The monoisotopic (exact) mass is 1130 g/mol. The molecule has 2 fully saturated rings. The van der Waals surface area contributed by atoms with Gasteiger partial charge >= 0.3 is 17.4 Å². The van der Waals surface area contributed by atoms with Crippen LogP contribution in [0.15, 0.2) is 129 Å². The van der Waals surface area contributed by atoms with E-state index in [9.17, 15) is 74.1 Å². The van der Waals surface area contributed by atoms with Crippen LogP contribution in [-0.4, -0.2) is 108 Å². The number of nitrogens with zero attached hydrogens (tertiary/aromatic N) is 3. The first-order chi connectivity index (χ1) is 34.1. The summed E-state index contributed by atoms with van der Waals surface area (Å²) in [6, 6.07) is 22.1. The first-order valence-electron chi connectivity index (χ1n) is 22.7. The van der Waals surface area contributed by atoms with Gasteiger partial charge in [-0.05, 0) is 110 Å². The maximum atomic E-state index is 14.8. The van der Waals surface area contributed by atoms with E-state index in [0.717, 1.165) is 54.6 Å². The van der Waals surface area contributed by atoms with Gasteiger partial charge in [0.15, 0.2) is 9.84 Å². The van der Waals surface area contributed by atoms with Crippen LogP contribution in [-0.2, 0) is 49.2 Å². The van der Waals surface area contributed by atoms with Crippen molar-refractivity contribution in [3.63, 3.8) is 0 Å². The number of rotatable bonds is 12. The summed E-state index contributed by atoms with van der Waals surface area (Å²) in [4.78, 5) is 24.6. The van der Waals surface area contributed by atoms with Crippen LogP contribution in [0.2, 0.25) is 0 Å². The smallest absolute Gasteiger partial charge is 0.410 e. The number of sulfone groups is 2. The van der Waals surface area contributed by atoms with Crippen molar-refractivity contribution in [1.29, 1.82) is 0 Å². The molecule has 6 rings (SSSR count). The molecule has 74 heavy (non-hydrogen) atoms. The largest absolute Gasteiger partial charge is 0.444 e. The van der Waals surface area contributed by atoms with Crippen LogP contribution in [0.25, 0.3) is 0 Å². The lowest BCUT2D eigenvalue weighted by atomic mass is 9.97. The van der Waals surface area contributed by atoms with Crippen molar-refractivity contribution in [1.82, 2.24) is 13.7 Å². The minimum Gasteiger partial charge on any atom is -0.444 e. The van der Waals surface area contributed by atoms with E-state index in [1.54, 1.807) is 46.4 Å². The van der Waals surface area contributed by atoms with Crippen molar-refractivity contribution >= 4 is 51.9 Å². The number of carbonyl (C=O) groups is 2. The van der Waals surface area contributed by atoms with Gasteiger partial charge in [0, 0.05) is 43.2 Å². The van der Waals surface area contributed by atoms with E-state index in [1.807, 2.05) is 0 Å². The zero-order valence-electron chi connectivity index (χ0n) is 41.1. The third kappa shape index (κ3) is 15.9. The van der Waals surface area contributed by atoms with Gasteiger partial charge in [-0.25, -0.2) is 60.8 Å². The van der Waals surface area contributed by atoms with E-state index < -0.39 is 117 Å². The molecule has 15 nitrogen and oxygen atoms in total. The van der Waals surface area contributed by atoms with Crippen molar-refractivity contribution in [3.05, 3.63) is 120 Å². The van der Waals surface area contributed by atoms with Gasteiger partial charge < -0.3 is 19.3 Å². The second-order valence-corrected chi connectivity index (χ2v) is 26.7. The van der Waals surface area contributed by atoms with Gasteiger partial charge in [0.2, 0.25) is 9.84 Å². The quantitative estimate of drug-likeness (QED) is 0.0962. The number of ether oxygens (including phenoxy) is 2. The lowest BCUT2D eigenvalue weighted by molar-refractivity contribution is -0.0179. The van der Waals surface area contributed by atoms with E-state index in [1.165, 1.54) is 59.5 Å². The Hall–Kier alpha value is -5.31. The summed E-state index contributed by atoms with van der Waals surface area (Å²) in [7, 11) is -18.7. The summed E-state index contributed by atoms with van der Waals surface area (Å²) >= 11 is 0. The van der Waals surface area contributed by atoms with Crippen molar-refractivity contribution in [3.8, 4) is 0 Å². The average Bonchev–Trinajstić information content (AvgIpc) is 3.33. The Labute approximate surface area is 427 Å². The van der Waals surface area contributed by atoms with E-state index in [2.05, 4.69) is 0 Å². The fraction of sp³-hybridized carbons (Fsp3) is 0.458. The first-order valence-corrected chi connectivity index (χ1v) is 28.8. The van der Waals surface area contributed by atoms with E-state index in [0.29, 0.717) is 25.9 Å². The predicted octanol–water partition coefficient (Wildman–Crippen LogP) is 10.6. The molecule has 2 amide bonds. The first kappa shape index (κ1) is 61.2. The molecule has 410 valence electrons. The van der Waals surface area contributed by atoms with Crippen LogP contribution in [0.1, 0.15) is 91.2 Å². The van der Waals surface area contributed by atoms with Gasteiger partial charge in [0.25, 0.3) is 32.9 Å². The lowest BCUT2D eigenvalue weighted by Gasteiger charge is -2.36. The second-order valence-electron chi connectivity index (χ2n) is 19.0. The van der Waals surface area contributed by atoms with Crippen molar-refractivity contribution in [2.24, 2.45) is 11.8 Å². The van der Waals surface area contributed by atoms with Crippen molar-refractivity contribution < 1.29 is 83.6 Å². The molecule has 0 spiro atoms. The van der Waals surface area contributed by atoms with Gasteiger partial charge in [-0.3, -0.25) is 0 Å². The highest BCUT2D eigenvalue weighted by atomic mass is 32.3. The SMILES string of the molecule is CC(C)(C)OC(=O)N1CCC(C(F)(F)S(=O)(=O)c2ccccc2C(F)F)CC1.CC(C)(C)OC(=O)N1CCC(CS(=O)(=O)c2ccccc2C(F)F)CC1.O=S(=O)(c1ccccc1)N(F)S(=O)(=O)c1ccccc1. The summed E-state index contributed by atoms with van der Waals surface area (Å²) in [6.45, 7) is 10.9. The van der Waals surface area contributed by atoms with Crippen molar-refractivity contribution in [2.75, 3.05) is 31.9 Å². The molecular formula is C48H58F7N3O12S4. The predicted molar refractivity (Wildman–Crippen MR) is 258 cm³/mol. The normalized spacial score (nSPS) is 15.7. The molecule has 0 saturated carbocycles. The number of sulfonamides is 2. The summed E-state index contributed by atoms with van der Waals surface area (Å²) in [5, 5.41) is -4.24. The van der Waals surface area contributed by atoms with Gasteiger partial charge in [0.05, 0.1) is 29.3 Å². The molecular weight excluding hydrogens is 1070 g/mol. The number of hydrogen-bond donors (Lipinski definition) is 0. The van der Waals surface area contributed by atoms with Crippen LogP contribution in [0.3, 0.4) is 0 Å². The van der Waals surface area contributed by atoms with Crippen LogP contribution < -0.4 is 0 Å². The average molecular weight is 1130 g/mol. The maximum absolute atomic E-state index is 14.8. The Morgan fingerprint density at radius 3 is 1.27 bits per heavy atom. The third-order valence-corrected chi connectivity index (χ3v) is 18.7. The molecule has 0 atom stereocenters.